The van der Waals surface area contributed by atoms with Crippen molar-refractivity contribution in [3.05, 3.63) is 29.3 Å². The summed E-state index contributed by atoms with van der Waals surface area (Å²) in [5.74, 6) is 0.0455. The highest BCUT2D eigenvalue weighted by molar-refractivity contribution is 5.97. The van der Waals surface area contributed by atoms with E-state index in [-0.39, 0.29) is 30.6 Å². The summed E-state index contributed by atoms with van der Waals surface area (Å²) in [5.41, 5.74) is 3.25. The Labute approximate surface area is 155 Å². The minimum Gasteiger partial charge on any atom is -0.396 e. The third-order valence-electron chi connectivity index (χ3n) is 5.61. The molecular weight excluding hydrogens is 330 g/mol. The number of piperidine rings is 1. The fraction of sp³-hybridized carbons (Fsp3) is 0.600. The Morgan fingerprint density at radius 2 is 2.08 bits per heavy atom. The Morgan fingerprint density at radius 3 is 2.81 bits per heavy atom. The van der Waals surface area contributed by atoms with E-state index in [9.17, 15) is 14.7 Å². The molecule has 2 saturated heterocycles. The molecule has 1 aromatic carbocycles. The number of aliphatic hydroxyl groups excluding tert-OH is 1. The molecule has 1 aromatic rings. The van der Waals surface area contributed by atoms with E-state index in [4.69, 9.17) is 0 Å². The average molecular weight is 359 g/mol. The van der Waals surface area contributed by atoms with Crippen molar-refractivity contribution in [1.29, 1.82) is 0 Å². The number of anilines is 1. The normalized spacial score (nSPS) is 23.4. The molecule has 3 rings (SSSR count). The lowest BCUT2D eigenvalue weighted by Crippen LogP contribution is -2.52. The molecule has 2 heterocycles. The maximum atomic E-state index is 12.7. The van der Waals surface area contributed by atoms with E-state index < -0.39 is 0 Å². The number of rotatable bonds is 4. The topological polar surface area (TPSA) is 72.9 Å². The van der Waals surface area contributed by atoms with Gasteiger partial charge in [0.1, 0.15) is 0 Å². The summed E-state index contributed by atoms with van der Waals surface area (Å²) in [5, 5.41) is 12.3. The Kier molecular flexibility index (Phi) is 5.81. The summed E-state index contributed by atoms with van der Waals surface area (Å²) >= 11 is 0. The molecule has 0 aromatic heterocycles. The van der Waals surface area contributed by atoms with Crippen LogP contribution in [0.2, 0.25) is 0 Å². The van der Waals surface area contributed by atoms with Gasteiger partial charge in [0.15, 0.2) is 0 Å². The molecule has 26 heavy (non-hydrogen) atoms. The summed E-state index contributed by atoms with van der Waals surface area (Å²) in [6.07, 6.45) is 3.97. The molecular formula is C20H29N3O3. The first-order valence-corrected chi connectivity index (χ1v) is 9.55. The lowest BCUT2D eigenvalue weighted by molar-refractivity contribution is -0.117. The maximum Gasteiger partial charge on any atom is 0.317 e. The molecule has 0 spiro atoms. The number of urea groups is 1. The lowest BCUT2D eigenvalue weighted by atomic mass is 10.00. The number of carbonyl (C=O) groups excluding carboxylic acids is 2. The second-order valence-corrected chi connectivity index (χ2v) is 7.48. The molecule has 2 fully saturated rings. The quantitative estimate of drug-likeness (QED) is 0.867. The molecule has 0 saturated carbocycles. The van der Waals surface area contributed by atoms with Crippen LogP contribution >= 0.6 is 0 Å². The van der Waals surface area contributed by atoms with Crippen LogP contribution in [0, 0.1) is 13.8 Å². The summed E-state index contributed by atoms with van der Waals surface area (Å²) in [4.78, 5) is 28.7. The summed E-state index contributed by atoms with van der Waals surface area (Å²) < 4.78 is 0. The second-order valence-electron chi connectivity index (χ2n) is 7.48. The van der Waals surface area contributed by atoms with Crippen molar-refractivity contribution in [2.75, 3.05) is 24.6 Å². The van der Waals surface area contributed by atoms with Crippen LogP contribution in [0.15, 0.2) is 18.2 Å². The Hall–Kier alpha value is -2.08. The van der Waals surface area contributed by atoms with Crippen LogP contribution in [0.4, 0.5) is 10.5 Å². The third kappa shape index (κ3) is 4.01. The summed E-state index contributed by atoms with van der Waals surface area (Å²) in [6, 6.07) is 5.83. The van der Waals surface area contributed by atoms with E-state index in [1.807, 2.05) is 30.0 Å². The van der Waals surface area contributed by atoms with Gasteiger partial charge in [-0.3, -0.25) is 4.79 Å². The monoisotopic (exact) mass is 359 g/mol. The molecule has 6 nitrogen and oxygen atoms in total. The molecule has 0 aliphatic carbocycles. The fourth-order valence-electron chi connectivity index (χ4n) is 3.92. The number of nitrogens with zero attached hydrogens (tertiary/aromatic N) is 2. The molecule has 2 aliphatic rings. The van der Waals surface area contributed by atoms with Crippen molar-refractivity contribution in [2.45, 2.75) is 58.0 Å². The molecule has 2 atom stereocenters. The van der Waals surface area contributed by atoms with Gasteiger partial charge in [-0.2, -0.15) is 0 Å². The van der Waals surface area contributed by atoms with Crippen molar-refractivity contribution in [2.24, 2.45) is 0 Å². The Balaban J connectivity index is 1.63. The largest absolute Gasteiger partial charge is 0.396 e. The van der Waals surface area contributed by atoms with Gasteiger partial charge in [0.05, 0.1) is 6.04 Å². The van der Waals surface area contributed by atoms with Crippen molar-refractivity contribution in [3.63, 3.8) is 0 Å². The van der Waals surface area contributed by atoms with Crippen LogP contribution in [-0.4, -0.2) is 53.7 Å². The van der Waals surface area contributed by atoms with Gasteiger partial charge in [-0.1, -0.05) is 6.07 Å². The average Bonchev–Trinajstić information content (AvgIpc) is 2.98. The zero-order chi connectivity index (χ0) is 18.7. The summed E-state index contributed by atoms with van der Waals surface area (Å²) in [6.45, 7) is 5.41. The standard InChI is InChI=1S/C20H29N3O3/c1-14-6-7-18(11-15(14)2)23-13-16(12-19(23)25)21-20(26)22-9-4-3-5-17(22)8-10-24/h6-7,11,16-17,24H,3-5,8-10,12-13H2,1-2H3,(H,21,26). The van der Waals surface area contributed by atoms with Gasteiger partial charge >= 0.3 is 6.03 Å². The Bertz CT molecular complexity index is 674. The van der Waals surface area contributed by atoms with Crippen LogP contribution < -0.4 is 10.2 Å². The van der Waals surface area contributed by atoms with Crippen molar-refractivity contribution in [3.8, 4) is 0 Å². The van der Waals surface area contributed by atoms with E-state index in [0.717, 1.165) is 37.1 Å². The van der Waals surface area contributed by atoms with Gasteiger partial charge in [0.25, 0.3) is 0 Å². The second kappa shape index (κ2) is 8.08. The van der Waals surface area contributed by atoms with Crippen LogP contribution in [-0.2, 0) is 4.79 Å². The van der Waals surface area contributed by atoms with Gasteiger partial charge in [0.2, 0.25) is 5.91 Å². The molecule has 2 unspecified atom stereocenters. The highest BCUT2D eigenvalue weighted by Crippen LogP contribution is 2.25. The smallest absolute Gasteiger partial charge is 0.317 e. The van der Waals surface area contributed by atoms with Gasteiger partial charge < -0.3 is 20.2 Å². The van der Waals surface area contributed by atoms with E-state index in [0.29, 0.717) is 19.4 Å². The van der Waals surface area contributed by atoms with Crippen LogP contribution in [0.25, 0.3) is 0 Å². The zero-order valence-corrected chi connectivity index (χ0v) is 15.7. The number of aryl methyl sites for hydroxylation is 2. The number of amides is 3. The minimum absolute atomic E-state index is 0.0455. The van der Waals surface area contributed by atoms with Gasteiger partial charge in [0, 0.05) is 37.8 Å². The molecule has 2 aliphatic heterocycles. The Morgan fingerprint density at radius 1 is 1.27 bits per heavy atom. The molecule has 0 bridgehead atoms. The molecule has 3 amide bonds. The maximum absolute atomic E-state index is 12.7. The molecule has 2 N–H and O–H groups in total. The minimum atomic E-state index is -0.173. The number of hydrogen-bond donors (Lipinski definition) is 2. The SMILES string of the molecule is Cc1ccc(N2CC(NC(=O)N3CCCCC3CCO)CC2=O)cc1C. The predicted octanol–water partition coefficient (Wildman–Crippen LogP) is 2.36. The number of nitrogens with one attached hydrogen (secondary N) is 1. The number of likely N-dealkylation sites (tertiary alicyclic amines) is 1. The molecule has 142 valence electrons. The lowest BCUT2D eigenvalue weighted by Gasteiger charge is -2.36. The van der Waals surface area contributed by atoms with E-state index in [1.165, 1.54) is 5.56 Å². The van der Waals surface area contributed by atoms with Crippen molar-refractivity contribution < 1.29 is 14.7 Å². The number of hydrogen-bond acceptors (Lipinski definition) is 3. The number of carbonyl (C=O) groups is 2. The van der Waals surface area contributed by atoms with E-state index in [1.54, 1.807) is 4.90 Å². The zero-order valence-electron chi connectivity index (χ0n) is 15.7. The van der Waals surface area contributed by atoms with Gasteiger partial charge in [-0.15, -0.1) is 0 Å². The fourth-order valence-corrected chi connectivity index (χ4v) is 3.92. The van der Waals surface area contributed by atoms with Crippen LogP contribution in [0.5, 0.6) is 0 Å². The number of benzene rings is 1. The highest BCUT2D eigenvalue weighted by atomic mass is 16.3. The first-order valence-electron chi connectivity index (χ1n) is 9.55. The van der Waals surface area contributed by atoms with Crippen LogP contribution in [0.1, 0.15) is 43.2 Å². The predicted molar refractivity (Wildman–Crippen MR) is 101 cm³/mol. The first-order chi connectivity index (χ1) is 12.5. The van der Waals surface area contributed by atoms with E-state index >= 15 is 0 Å². The van der Waals surface area contributed by atoms with Crippen LogP contribution in [0.3, 0.4) is 0 Å². The van der Waals surface area contributed by atoms with Gasteiger partial charge in [-0.05, 0) is 62.8 Å². The van der Waals surface area contributed by atoms with E-state index in [2.05, 4.69) is 12.2 Å². The third-order valence-corrected chi connectivity index (χ3v) is 5.61. The highest BCUT2D eigenvalue weighted by Gasteiger charge is 2.34. The number of aliphatic hydroxyl groups is 1. The molecule has 6 heteroatoms. The molecule has 0 radical (unpaired) electrons. The first kappa shape index (κ1) is 18.7. The van der Waals surface area contributed by atoms with Crippen molar-refractivity contribution >= 4 is 17.6 Å². The van der Waals surface area contributed by atoms with Gasteiger partial charge in [-0.25, -0.2) is 4.79 Å². The van der Waals surface area contributed by atoms with Crippen molar-refractivity contribution in [1.82, 2.24) is 10.2 Å². The summed E-state index contributed by atoms with van der Waals surface area (Å²) in [7, 11) is 0.